The highest BCUT2D eigenvalue weighted by molar-refractivity contribution is 5.36. The Morgan fingerprint density at radius 1 is 1.11 bits per heavy atom. The third-order valence-electron chi connectivity index (χ3n) is 4.61. The fourth-order valence-electron chi connectivity index (χ4n) is 3.13. The Hall–Kier alpha value is -2.52. The van der Waals surface area contributed by atoms with Crippen molar-refractivity contribution in [3.63, 3.8) is 0 Å². The highest BCUT2D eigenvalue weighted by atomic mass is 16.7. The SMILES string of the molecule is CO[C@H]1[C@@H](O)[C@H](Oc2ccc([N+](=O)[O-])cc2)O[C@@H](C)[C@@H]1OCc1ccccc1. The average molecular weight is 389 g/mol. The second-order valence-corrected chi connectivity index (χ2v) is 6.53. The number of aliphatic hydroxyl groups is 1. The lowest BCUT2D eigenvalue weighted by atomic mass is 9.99. The number of benzene rings is 2. The Morgan fingerprint density at radius 2 is 1.79 bits per heavy atom. The lowest BCUT2D eigenvalue weighted by Crippen LogP contribution is -2.59. The monoisotopic (exact) mass is 389 g/mol. The minimum atomic E-state index is -1.10. The maximum atomic E-state index is 10.7. The van der Waals surface area contributed by atoms with E-state index in [0.717, 1.165) is 5.56 Å². The average Bonchev–Trinajstić information content (AvgIpc) is 2.70. The summed E-state index contributed by atoms with van der Waals surface area (Å²) in [6, 6.07) is 15.3. The lowest BCUT2D eigenvalue weighted by Gasteiger charge is -2.42. The van der Waals surface area contributed by atoms with Gasteiger partial charge in [0.25, 0.3) is 5.69 Å². The van der Waals surface area contributed by atoms with Crippen LogP contribution in [0, 0.1) is 10.1 Å². The van der Waals surface area contributed by atoms with Crippen LogP contribution in [0.5, 0.6) is 5.75 Å². The fourth-order valence-corrected chi connectivity index (χ4v) is 3.13. The number of hydrogen-bond donors (Lipinski definition) is 1. The molecule has 2 aromatic carbocycles. The minimum absolute atomic E-state index is 0.0463. The highest BCUT2D eigenvalue weighted by Gasteiger charge is 2.45. The molecule has 0 bridgehead atoms. The maximum absolute atomic E-state index is 10.7. The smallest absolute Gasteiger partial charge is 0.269 e. The number of nitro groups is 1. The molecule has 0 unspecified atom stereocenters. The number of nitrogens with zero attached hydrogens (tertiary/aromatic N) is 1. The van der Waals surface area contributed by atoms with Crippen molar-refractivity contribution in [2.45, 2.75) is 44.2 Å². The molecule has 5 atom stereocenters. The molecule has 1 saturated heterocycles. The minimum Gasteiger partial charge on any atom is -0.462 e. The van der Waals surface area contributed by atoms with Gasteiger partial charge in [-0.25, -0.2) is 0 Å². The van der Waals surface area contributed by atoms with E-state index in [1.165, 1.54) is 31.4 Å². The number of rotatable bonds is 7. The summed E-state index contributed by atoms with van der Waals surface area (Å²) in [7, 11) is 1.49. The van der Waals surface area contributed by atoms with Crippen molar-refractivity contribution in [3.05, 3.63) is 70.3 Å². The van der Waals surface area contributed by atoms with Crippen molar-refractivity contribution in [2.75, 3.05) is 7.11 Å². The lowest BCUT2D eigenvalue weighted by molar-refractivity contribution is -0.384. The molecule has 2 aromatic rings. The molecular formula is C20H23NO7. The van der Waals surface area contributed by atoms with Gasteiger partial charge in [0.1, 0.15) is 24.1 Å². The number of nitro benzene ring substituents is 1. The van der Waals surface area contributed by atoms with Crippen molar-refractivity contribution in [3.8, 4) is 5.75 Å². The molecular weight excluding hydrogens is 366 g/mol. The van der Waals surface area contributed by atoms with Gasteiger partial charge in [0.15, 0.2) is 0 Å². The van der Waals surface area contributed by atoms with Gasteiger partial charge in [-0.3, -0.25) is 10.1 Å². The van der Waals surface area contributed by atoms with Gasteiger partial charge < -0.3 is 24.1 Å². The first-order valence-corrected chi connectivity index (χ1v) is 8.92. The molecule has 1 aliphatic heterocycles. The maximum Gasteiger partial charge on any atom is 0.269 e. The van der Waals surface area contributed by atoms with E-state index in [1.54, 1.807) is 0 Å². The summed E-state index contributed by atoms with van der Waals surface area (Å²) < 4.78 is 22.9. The topological polar surface area (TPSA) is 100 Å². The first-order valence-electron chi connectivity index (χ1n) is 8.92. The van der Waals surface area contributed by atoms with Crippen molar-refractivity contribution in [2.24, 2.45) is 0 Å². The quantitative estimate of drug-likeness (QED) is 0.574. The van der Waals surface area contributed by atoms with Gasteiger partial charge in [-0.15, -0.1) is 0 Å². The summed E-state index contributed by atoms with van der Waals surface area (Å²) in [4.78, 5) is 10.3. The normalized spacial score (nSPS) is 27.3. The van der Waals surface area contributed by atoms with Crippen LogP contribution in [0.2, 0.25) is 0 Å². The Labute approximate surface area is 162 Å². The van der Waals surface area contributed by atoms with Gasteiger partial charge in [-0.05, 0) is 24.6 Å². The van der Waals surface area contributed by atoms with Gasteiger partial charge in [-0.1, -0.05) is 30.3 Å². The van der Waals surface area contributed by atoms with E-state index in [0.29, 0.717) is 12.4 Å². The molecule has 8 nitrogen and oxygen atoms in total. The van der Waals surface area contributed by atoms with E-state index in [4.69, 9.17) is 18.9 Å². The summed E-state index contributed by atoms with van der Waals surface area (Å²) >= 11 is 0. The van der Waals surface area contributed by atoms with Crippen molar-refractivity contribution in [1.29, 1.82) is 0 Å². The molecule has 1 N–H and O–H groups in total. The van der Waals surface area contributed by atoms with Gasteiger partial charge in [0.05, 0.1) is 17.6 Å². The van der Waals surface area contributed by atoms with Gasteiger partial charge in [-0.2, -0.15) is 0 Å². The van der Waals surface area contributed by atoms with E-state index in [1.807, 2.05) is 37.3 Å². The Balaban J connectivity index is 1.65. The molecule has 28 heavy (non-hydrogen) atoms. The van der Waals surface area contributed by atoms with Crippen molar-refractivity contribution in [1.82, 2.24) is 0 Å². The largest absolute Gasteiger partial charge is 0.462 e. The molecule has 3 rings (SSSR count). The summed E-state index contributed by atoms with van der Waals surface area (Å²) in [6.07, 6.45) is -3.64. The van der Waals surface area contributed by atoms with Crippen LogP contribution >= 0.6 is 0 Å². The summed E-state index contributed by atoms with van der Waals surface area (Å²) in [5.74, 6) is 0.348. The van der Waals surface area contributed by atoms with Crippen LogP contribution in [-0.4, -0.2) is 47.8 Å². The first kappa shape index (κ1) is 20.2. The fraction of sp³-hybridized carbons (Fsp3) is 0.400. The molecule has 0 aliphatic carbocycles. The van der Waals surface area contributed by atoms with Crippen LogP contribution in [0.3, 0.4) is 0 Å². The predicted octanol–water partition coefficient (Wildman–Crippen LogP) is 2.68. The van der Waals surface area contributed by atoms with E-state index in [9.17, 15) is 15.2 Å². The number of hydrogen-bond acceptors (Lipinski definition) is 7. The van der Waals surface area contributed by atoms with Gasteiger partial charge in [0.2, 0.25) is 6.29 Å². The number of ether oxygens (including phenoxy) is 4. The van der Waals surface area contributed by atoms with E-state index >= 15 is 0 Å². The van der Waals surface area contributed by atoms with Crippen molar-refractivity contribution < 1.29 is 29.0 Å². The standard InChI is InChI=1S/C20H23NO7/c1-13-18(26-12-14-6-4-3-5-7-14)19(25-2)17(22)20(27-13)28-16-10-8-15(9-11-16)21(23)24/h3-11,13,17-20,22H,12H2,1-2H3/t13-,17+,18-,19-,20-/m0/s1. The van der Waals surface area contributed by atoms with Crippen LogP contribution in [0.1, 0.15) is 12.5 Å². The Morgan fingerprint density at radius 3 is 2.39 bits per heavy atom. The first-order chi connectivity index (χ1) is 13.5. The molecule has 0 radical (unpaired) electrons. The van der Waals surface area contributed by atoms with Crippen LogP contribution in [0.4, 0.5) is 5.69 Å². The molecule has 0 aromatic heterocycles. The predicted molar refractivity (Wildman–Crippen MR) is 99.9 cm³/mol. The molecule has 0 saturated carbocycles. The summed E-state index contributed by atoms with van der Waals surface area (Å²) in [5, 5.41) is 21.4. The molecule has 0 spiro atoms. The zero-order chi connectivity index (χ0) is 20.1. The second-order valence-electron chi connectivity index (χ2n) is 6.53. The third kappa shape index (κ3) is 4.66. The molecule has 1 heterocycles. The van der Waals surface area contributed by atoms with E-state index < -0.39 is 35.6 Å². The van der Waals surface area contributed by atoms with Crippen molar-refractivity contribution >= 4 is 5.69 Å². The zero-order valence-electron chi connectivity index (χ0n) is 15.6. The number of aliphatic hydroxyl groups excluding tert-OH is 1. The molecule has 0 amide bonds. The Kier molecular flexibility index (Phi) is 6.58. The molecule has 1 fully saturated rings. The van der Waals surface area contributed by atoms with Crippen LogP contribution < -0.4 is 4.74 Å². The molecule has 1 aliphatic rings. The van der Waals surface area contributed by atoms with E-state index in [-0.39, 0.29) is 5.69 Å². The summed E-state index contributed by atoms with van der Waals surface area (Å²) in [5.41, 5.74) is 0.957. The summed E-state index contributed by atoms with van der Waals surface area (Å²) in [6.45, 7) is 2.18. The second kappa shape index (κ2) is 9.11. The third-order valence-corrected chi connectivity index (χ3v) is 4.61. The van der Waals surface area contributed by atoms with Gasteiger partial charge in [0, 0.05) is 19.2 Å². The molecule has 150 valence electrons. The molecule has 8 heteroatoms. The van der Waals surface area contributed by atoms with Gasteiger partial charge >= 0.3 is 0 Å². The van der Waals surface area contributed by atoms with Crippen LogP contribution in [0.15, 0.2) is 54.6 Å². The highest BCUT2D eigenvalue weighted by Crippen LogP contribution is 2.28. The Bertz CT molecular complexity index is 768. The number of non-ortho nitro benzene ring substituents is 1. The van der Waals surface area contributed by atoms with Crippen LogP contribution in [-0.2, 0) is 20.8 Å². The zero-order valence-corrected chi connectivity index (χ0v) is 15.6. The van der Waals surface area contributed by atoms with E-state index in [2.05, 4.69) is 0 Å². The van der Waals surface area contributed by atoms with Crippen LogP contribution in [0.25, 0.3) is 0 Å². The number of methoxy groups -OCH3 is 1.